The van der Waals surface area contributed by atoms with E-state index in [-0.39, 0.29) is 17.9 Å². The normalized spacial score (nSPS) is 15.3. The molecule has 1 amide bonds. The Morgan fingerprint density at radius 3 is 2.50 bits per heavy atom. The van der Waals surface area contributed by atoms with Crippen molar-refractivity contribution >= 4 is 11.6 Å². The van der Waals surface area contributed by atoms with Gasteiger partial charge in [0.15, 0.2) is 0 Å². The largest absolute Gasteiger partial charge is 0.495 e. The van der Waals surface area contributed by atoms with E-state index >= 15 is 0 Å². The maximum atomic E-state index is 11.3. The first-order valence-electron chi connectivity index (χ1n) is 7.58. The van der Waals surface area contributed by atoms with Crippen LogP contribution in [0, 0.1) is 5.92 Å². The fourth-order valence-electron chi connectivity index (χ4n) is 1.96. The van der Waals surface area contributed by atoms with E-state index in [1.54, 1.807) is 7.11 Å². The van der Waals surface area contributed by atoms with Gasteiger partial charge in [-0.2, -0.15) is 0 Å². The summed E-state index contributed by atoms with van der Waals surface area (Å²) < 4.78 is 5.25. The molecule has 2 unspecified atom stereocenters. The molecule has 0 saturated heterocycles. The predicted octanol–water partition coefficient (Wildman–Crippen LogP) is 2.71. The summed E-state index contributed by atoms with van der Waals surface area (Å²) >= 11 is 0. The van der Waals surface area contributed by atoms with Crippen LogP contribution in [0.15, 0.2) is 18.2 Å². The predicted molar refractivity (Wildman–Crippen MR) is 89.2 cm³/mol. The summed E-state index contributed by atoms with van der Waals surface area (Å²) in [5.41, 5.74) is 0.905. The number of nitrogens with one attached hydrogen (secondary N) is 2. The van der Waals surface area contributed by atoms with Gasteiger partial charge in [0.1, 0.15) is 5.75 Å². The molecule has 0 fully saturated rings. The third kappa shape index (κ3) is 5.00. The van der Waals surface area contributed by atoms with Crippen LogP contribution in [0.3, 0.4) is 0 Å². The number of hydrogen-bond acceptors (Lipinski definition) is 4. The minimum atomic E-state index is -0.763. The number of anilines is 1. The Hall–Kier alpha value is -1.59. The molecule has 124 valence electrons. The number of benzene rings is 1. The van der Waals surface area contributed by atoms with E-state index in [4.69, 9.17) is 4.74 Å². The van der Waals surface area contributed by atoms with E-state index < -0.39 is 5.60 Å². The van der Waals surface area contributed by atoms with Crippen molar-refractivity contribution in [3.63, 3.8) is 0 Å². The number of carbonyl (C=O) groups excluding carboxylic acids is 1. The molecule has 5 heteroatoms. The highest BCUT2D eigenvalue weighted by atomic mass is 16.5. The lowest BCUT2D eigenvalue weighted by Gasteiger charge is -2.30. The molecule has 1 rings (SSSR count). The molecule has 1 aromatic carbocycles. The maximum Gasteiger partial charge on any atom is 0.221 e. The van der Waals surface area contributed by atoms with Crippen molar-refractivity contribution in [2.75, 3.05) is 19.0 Å². The van der Waals surface area contributed by atoms with Crippen LogP contribution in [0.5, 0.6) is 5.75 Å². The van der Waals surface area contributed by atoms with Gasteiger partial charge in [-0.25, -0.2) is 0 Å². The molecule has 2 atom stereocenters. The lowest BCUT2D eigenvalue weighted by Crippen LogP contribution is -2.42. The zero-order valence-electron chi connectivity index (χ0n) is 14.4. The lowest BCUT2D eigenvalue weighted by molar-refractivity contribution is -0.114. The molecular weight excluding hydrogens is 280 g/mol. The fourth-order valence-corrected chi connectivity index (χ4v) is 1.96. The summed E-state index contributed by atoms with van der Waals surface area (Å²) in [6.07, 6.45) is 0. The molecule has 0 spiro atoms. The van der Waals surface area contributed by atoms with Crippen LogP contribution in [0.1, 0.15) is 46.2 Å². The minimum absolute atomic E-state index is 0.0450. The Kier molecular flexibility index (Phi) is 6.38. The van der Waals surface area contributed by atoms with Crippen molar-refractivity contribution in [3.05, 3.63) is 23.8 Å². The molecule has 0 aliphatic rings. The molecule has 0 bridgehead atoms. The number of methoxy groups -OCH3 is 1. The molecule has 0 radical (unpaired) electrons. The molecule has 3 N–H and O–H groups in total. The van der Waals surface area contributed by atoms with Crippen LogP contribution >= 0.6 is 0 Å². The molecule has 0 heterocycles. The smallest absolute Gasteiger partial charge is 0.221 e. The Morgan fingerprint density at radius 2 is 2.00 bits per heavy atom. The van der Waals surface area contributed by atoms with Crippen LogP contribution in [0.2, 0.25) is 0 Å². The average molecular weight is 308 g/mol. The molecule has 0 aromatic heterocycles. The SMILES string of the molecule is COc1ccc(C(C)NCC(C)(O)C(C)C)cc1NC(C)=O. The van der Waals surface area contributed by atoms with Gasteiger partial charge in [-0.05, 0) is 37.5 Å². The van der Waals surface area contributed by atoms with Gasteiger partial charge in [-0.1, -0.05) is 19.9 Å². The third-order valence-corrected chi connectivity index (χ3v) is 4.04. The Morgan fingerprint density at radius 1 is 1.36 bits per heavy atom. The quantitative estimate of drug-likeness (QED) is 0.724. The number of aliphatic hydroxyl groups is 1. The summed E-state index contributed by atoms with van der Waals surface area (Å²) in [5, 5.41) is 16.4. The standard InChI is InChI=1S/C17H28N2O3/c1-11(2)17(5,21)10-18-12(3)14-7-8-16(22-6)15(9-14)19-13(4)20/h7-9,11-12,18,21H,10H2,1-6H3,(H,19,20). The summed E-state index contributed by atoms with van der Waals surface area (Å²) in [5.74, 6) is 0.650. The number of ether oxygens (including phenoxy) is 1. The van der Waals surface area contributed by atoms with Gasteiger partial charge in [0.2, 0.25) is 5.91 Å². The van der Waals surface area contributed by atoms with E-state index in [2.05, 4.69) is 10.6 Å². The highest BCUT2D eigenvalue weighted by Gasteiger charge is 2.25. The highest BCUT2D eigenvalue weighted by Crippen LogP contribution is 2.28. The molecular formula is C17H28N2O3. The van der Waals surface area contributed by atoms with E-state index in [1.165, 1.54) is 6.92 Å². The van der Waals surface area contributed by atoms with Crippen molar-refractivity contribution in [1.29, 1.82) is 0 Å². The van der Waals surface area contributed by atoms with Gasteiger partial charge in [-0.15, -0.1) is 0 Å². The third-order valence-electron chi connectivity index (χ3n) is 4.04. The van der Waals surface area contributed by atoms with Gasteiger partial charge in [0.05, 0.1) is 18.4 Å². The topological polar surface area (TPSA) is 70.6 Å². The van der Waals surface area contributed by atoms with Gasteiger partial charge in [-0.3, -0.25) is 4.79 Å². The zero-order chi connectivity index (χ0) is 16.9. The highest BCUT2D eigenvalue weighted by molar-refractivity contribution is 5.90. The fraction of sp³-hybridized carbons (Fsp3) is 0.588. The van der Waals surface area contributed by atoms with Crippen LogP contribution in [-0.4, -0.2) is 30.3 Å². The second kappa shape index (κ2) is 7.61. The van der Waals surface area contributed by atoms with Gasteiger partial charge in [0, 0.05) is 19.5 Å². The number of carbonyl (C=O) groups is 1. The molecule has 22 heavy (non-hydrogen) atoms. The zero-order valence-corrected chi connectivity index (χ0v) is 14.4. The van der Waals surface area contributed by atoms with Crippen molar-refractivity contribution in [2.24, 2.45) is 5.92 Å². The monoisotopic (exact) mass is 308 g/mol. The Bertz CT molecular complexity index is 513. The van der Waals surface area contributed by atoms with Crippen LogP contribution in [-0.2, 0) is 4.79 Å². The summed E-state index contributed by atoms with van der Waals surface area (Å²) in [4.78, 5) is 11.3. The average Bonchev–Trinajstić information content (AvgIpc) is 2.44. The molecule has 1 aromatic rings. The summed E-state index contributed by atoms with van der Waals surface area (Å²) in [6, 6.07) is 5.72. The second-order valence-electron chi connectivity index (χ2n) is 6.26. The molecule has 0 aliphatic heterocycles. The first kappa shape index (κ1) is 18.5. The summed E-state index contributed by atoms with van der Waals surface area (Å²) in [6.45, 7) is 9.80. The molecule has 5 nitrogen and oxygen atoms in total. The minimum Gasteiger partial charge on any atom is -0.495 e. The van der Waals surface area contributed by atoms with Gasteiger partial charge >= 0.3 is 0 Å². The van der Waals surface area contributed by atoms with Crippen molar-refractivity contribution in [2.45, 2.75) is 46.3 Å². The molecule has 0 aliphatic carbocycles. The van der Waals surface area contributed by atoms with Crippen LogP contribution in [0.25, 0.3) is 0 Å². The molecule has 0 saturated carbocycles. The maximum absolute atomic E-state index is 11.3. The Balaban J connectivity index is 2.85. The van der Waals surface area contributed by atoms with E-state index in [9.17, 15) is 9.90 Å². The van der Waals surface area contributed by atoms with E-state index in [0.29, 0.717) is 18.0 Å². The lowest BCUT2D eigenvalue weighted by atomic mass is 9.92. The first-order valence-corrected chi connectivity index (χ1v) is 7.58. The number of rotatable bonds is 7. The van der Waals surface area contributed by atoms with Crippen molar-refractivity contribution in [3.8, 4) is 5.75 Å². The van der Waals surface area contributed by atoms with Gasteiger partial charge in [0.25, 0.3) is 0 Å². The first-order chi connectivity index (χ1) is 10.2. The van der Waals surface area contributed by atoms with Crippen molar-refractivity contribution < 1.29 is 14.6 Å². The van der Waals surface area contributed by atoms with E-state index in [0.717, 1.165) is 5.56 Å². The van der Waals surface area contributed by atoms with Crippen molar-refractivity contribution in [1.82, 2.24) is 5.32 Å². The van der Waals surface area contributed by atoms with Gasteiger partial charge < -0.3 is 20.5 Å². The Labute approximate surface area is 133 Å². The number of hydrogen-bond donors (Lipinski definition) is 3. The van der Waals surface area contributed by atoms with Crippen LogP contribution in [0.4, 0.5) is 5.69 Å². The second-order valence-corrected chi connectivity index (χ2v) is 6.26. The number of amides is 1. The van der Waals surface area contributed by atoms with E-state index in [1.807, 2.05) is 45.9 Å². The summed E-state index contributed by atoms with van der Waals surface area (Å²) in [7, 11) is 1.57. The van der Waals surface area contributed by atoms with Crippen LogP contribution < -0.4 is 15.4 Å².